The van der Waals surface area contributed by atoms with Gasteiger partial charge in [-0.1, -0.05) is 0 Å². The van der Waals surface area contributed by atoms with E-state index in [-0.39, 0.29) is 17.5 Å². The number of piperidine rings is 1. The summed E-state index contributed by atoms with van der Waals surface area (Å²) in [6.07, 6.45) is 3.99. The zero-order valence-corrected chi connectivity index (χ0v) is 13.4. The largest absolute Gasteiger partial charge is 0.372 e. The maximum absolute atomic E-state index is 6.11. The van der Waals surface area contributed by atoms with Crippen LogP contribution in [0.3, 0.4) is 0 Å². The Bertz CT molecular complexity index is 484. The highest BCUT2D eigenvalue weighted by molar-refractivity contribution is 6.28. The molecule has 0 aromatic carbocycles. The Hall–Kier alpha value is -1.14. The van der Waals surface area contributed by atoms with Crippen LogP contribution in [0.2, 0.25) is 5.28 Å². The molecule has 0 spiro atoms. The van der Waals surface area contributed by atoms with E-state index in [0.29, 0.717) is 11.9 Å². The number of nitrogens with zero attached hydrogens (tertiary/aromatic N) is 5. The Labute approximate surface area is 130 Å². The first-order chi connectivity index (χ1) is 10.1. The molecule has 0 N–H and O–H groups in total. The summed E-state index contributed by atoms with van der Waals surface area (Å²) in [5.74, 6) is 1.37. The second-order valence-electron chi connectivity index (χ2n) is 5.91. The molecule has 0 radical (unpaired) electrons. The molecule has 116 valence electrons. The van der Waals surface area contributed by atoms with Crippen LogP contribution in [0.25, 0.3) is 0 Å². The SMILES string of the molecule is CC1CN(c2nc(Cl)nc(N3CCCCC3)n2)CC(C)O1. The average molecular weight is 312 g/mol. The van der Waals surface area contributed by atoms with E-state index in [0.717, 1.165) is 26.2 Å². The van der Waals surface area contributed by atoms with Gasteiger partial charge in [0, 0.05) is 26.2 Å². The Morgan fingerprint density at radius 3 is 2.10 bits per heavy atom. The van der Waals surface area contributed by atoms with E-state index in [1.165, 1.54) is 19.3 Å². The first-order valence-electron chi connectivity index (χ1n) is 7.69. The van der Waals surface area contributed by atoms with Crippen LogP contribution < -0.4 is 9.80 Å². The van der Waals surface area contributed by atoms with Crippen molar-refractivity contribution in [3.8, 4) is 0 Å². The maximum Gasteiger partial charge on any atom is 0.231 e. The van der Waals surface area contributed by atoms with Gasteiger partial charge in [-0.15, -0.1) is 0 Å². The lowest BCUT2D eigenvalue weighted by Crippen LogP contribution is -2.46. The molecule has 2 aliphatic heterocycles. The van der Waals surface area contributed by atoms with Crippen LogP contribution in [0.4, 0.5) is 11.9 Å². The molecule has 0 aliphatic carbocycles. The maximum atomic E-state index is 6.11. The third-order valence-corrected chi connectivity index (χ3v) is 4.09. The molecule has 0 bridgehead atoms. The van der Waals surface area contributed by atoms with E-state index in [2.05, 4.69) is 38.6 Å². The Kier molecular flexibility index (Phi) is 4.45. The van der Waals surface area contributed by atoms with Gasteiger partial charge in [0.25, 0.3) is 0 Å². The second-order valence-corrected chi connectivity index (χ2v) is 6.25. The summed E-state index contributed by atoms with van der Waals surface area (Å²) in [7, 11) is 0. The number of anilines is 2. The van der Waals surface area contributed by atoms with Crippen molar-refractivity contribution in [1.29, 1.82) is 0 Å². The summed E-state index contributed by atoms with van der Waals surface area (Å²) in [5, 5.41) is 0.271. The van der Waals surface area contributed by atoms with Crippen molar-refractivity contribution in [2.75, 3.05) is 36.0 Å². The van der Waals surface area contributed by atoms with Gasteiger partial charge >= 0.3 is 0 Å². The van der Waals surface area contributed by atoms with E-state index in [1.807, 2.05) is 0 Å². The van der Waals surface area contributed by atoms with Crippen LogP contribution >= 0.6 is 11.6 Å². The zero-order valence-electron chi connectivity index (χ0n) is 12.6. The molecular formula is C14H22ClN5O. The summed E-state index contributed by atoms with van der Waals surface area (Å²) in [6.45, 7) is 7.69. The number of ether oxygens (including phenoxy) is 1. The molecule has 2 aliphatic rings. The van der Waals surface area contributed by atoms with E-state index in [9.17, 15) is 0 Å². The summed E-state index contributed by atoms with van der Waals surface area (Å²) in [4.78, 5) is 17.6. The van der Waals surface area contributed by atoms with E-state index in [4.69, 9.17) is 16.3 Å². The van der Waals surface area contributed by atoms with Crippen LogP contribution in [0.5, 0.6) is 0 Å². The van der Waals surface area contributed by atoms with Crippen LogP contribution in [0, 0.1) is 0 Å². The molecule has 21 heavy (non-hydrogen) atoms. The number of aromatic nitrogens is 3. The van der Waals surface area contributed by atoms with Crippen molar-refractivity contribution in [1.82, 2.24) is 15.0 Å². The monoisotopic (exact) mass is 311 g/mol. The van der Waals surface area contributed by atoms with Gasteiger partial charge in [0.2, 0.25) is 17.2 Å². The number of halogens is 1. The molecule has 6 nitrogen and oxygen atoms in total. The first-order valence-corrected chi connectivity index (χ1v) is 8.06. The highest BCUT2D eigenvalue weighted by atomic mass is 35.5. The normalized spacial score (nSPS) is 27.0. The minimum absolute atomic E-state index is 0.169. The number of hydrogen-bond donors (Lipinski definition) is 0. The van der Waals surface area contributed by atoms with Crippen LogP contribution in [0.15, 0.2) is 0 Å². The molecule has 3 heterocycles. The fourth-order valence-corrected chi connectivity index (χ4v) is 3.20. The van der Waals surface area contributed by atoms with Crippen molar-refractivity contribution in [2.24, 2.45) is 0 Å². The lowest BCUT2D eigenvalue weighted by molar-refractivity contribution is -0.00572. The van der Waals surface area contributed by atoms with Crippen molar-refractivity contribution in [3.63, 3.8) is 0 Å². The molecule has 3 rings (SSSR count). The third kappa shape index (κ3) is 3.55. The van der Waals surface area contributed by atoms with Crippen LogP contribution in [-0.4, -0.2) is 53.3 Å². The Morgan fingerprint density at radius 2 is 1.48 bits per heavy atom. The molecule has 2 atom stereocenters. The summed E-state index contributed by atoms with van der Waals surface area (Å²) in [5.41, 5.74) is 0. The lowest BCUT2D eigenvalue weighted by atomic mass is 10.1. The van der Waals surface area contributed by atoms with Gasteiger partial charge in [-0.25, -0.2) is 0 Å². The number of rotatable bonds is 2. The van der Waals surface area contributed by atoms with Crippen LogP contribution in [-0.2, 0) is 4.74 Å². The molecule has 1 aromatic rings. The minimum Gasteiger partial charge on any atom is -0.372 e. The van der Waals surface area contributed by atoms with Gasteiger partial charge in [0.05, 0.1) is 12.2 Å². The first kappa shape index (κ1) is 14.8. The predicted molar refractivity (Wildman–Crippen MR) is 83.1 cm³/mol. The van der Waals surface area contributed by atoms with Gasteiger partial charge in [0.1, 0.15) is 0 Å². The van der Waals surface area contributed by atoms with Crippen molar-refractivity contribution < 1.29 is 4.74 Å². The lowest BCUT2D eigenvalue weighted by Gasteiger charge is -2.35. The van der Waals surface area contributed by atoms with Gasteiger partial charge in [-0.3, -0.25) is 0 Å². The van der Waals surface area contributed by atoms with Crippen LogP contribution in [0.1, 0.15) is 33.1 Å². The molecule has 0 amide bonds. The third-order valence-electron chi connectivity index (χ3n) is 3.93. The average Bonchev–Trinajstić information content (AvgIpc) is 2.46. The fraction of sp³-hybridized carbons (Fsp3) is 0.786. The van der Waals surface area contributed by atoms with Gasteiger partial charge < -0.3 is 14.5 Å². The van der Waals surface area contributed by atoms with E-state index in [1.54, 1.807) is 0 Å². The van der Waals surface area contributed by atoms with Crippen molar-refractivity contribution in [2.45, 2.75) is 45.3 Å². The zero-order chi connectivity index (χ0) is 14.8. The van der Waals surface area contributed by atoms with Gasteiger partial charge in [0.15, 0.2) is 0 Å². The molecule has 1 aromatic heterocycles. The molecular weight excluding hydrogens is 290 g/mol. The molecule has 7 heteroatoms. The Morgan fingerprint density at radius 1 is 0.905 bits per heavy atom. The van der Waals surface area contributed by atoms with E-state index < -0.39 is 0 Å². The standard InChI is InChI=1S/C14H22ClN5O/c1-10-8-20(9-11(2)21-10)14-17-12(15)16-13(18-14)19-6-4-3-5-7-19/h10-11H,3-9H2,1-2H3. The quantitative estimate of drug-likeness (QED) is 0.834. The number of hydrogen-bond acceptors (Lipinski definition) is 6. The highest BCUT2D eigenvalue weighted by Gasteiger charge is 2.25. The molecule has 2 saturated heterocycles. The van der Waals surface area contributed by atoms with Crippen molar-refractivity contribution >= 4 is 23.5 Å². The predicted octanol–water partition coefficient (Wildman–Crippen LogP) is 2.13. The van der Waals surface area contributed by atoms with Gasteiger partial charge in [-0.2, -0.15) is 15.0 Å². The van der Waals surface area contributed by atoms with E-state index >= 15 is 0 Å². The fourth-order valence-electron chi connectivity index (χ4n) is 3.05. The summed E-state index contributed by atoms with van der Waals surface area (Å²) < 4.78 is 5.76. The van der Waals surface area contributed by atoms with Gasteiger partial charge in [-0.05, 0) is 44.7 Å². The summed E-state index contributed by atoms with van der Waals surface area (Å²) in [6, 6.07) is 0. The second kappa shape index (κ2) is 6.32. The smallest absolute Gasteiger partial charge is 0.231 e. The minimum atomic E-state index is 0.169. The van der Waals surface area contributed by atoms with Crippen molar-refractivity contribution in [3.05, 3.63) is 5.28 Å². The molecule has 2 fully saturated rings. The highest BCUT2D eigenvalue weighted by Crippen LogP contribution is 2.22. The topological polar surface area (TPSA) is 54.4 Å². The molecule has 0 saturated carbocycles. The summed E-state index contributed by atoms with van der Waals surface area (Å²) >= 11 is 6.11. The number of morpholine rings is 1. The molecule has 2 unspecified atom stereocenters. The Balaban J connectivity index is 1.83.